The van der Waals surface area contributed by atoms with E-state index in [1.807, 2.05) is 11.8 Å². The molecule has 0 N–H and O–H groups in total. The molecule has 6 aliphatic heterocycles. The van der Waals surface area contributed by atoms with Crippen LogP contribution in [0.5, 0.6) is 0 Å². The summed E-state index contributed by atoms with van der Waals surface area (Å²) < 4.78 is 5.16. The van der Waals surface area contributed by atoms with E-state index in [0.29, 0.717) is 12.1 Å². The van der Waals surface area contributed by atoms with Crippen molar-refractivity contribution < 1.29 is 4.74 Å². The minimum atomic E-state index is 0.678. The quantitative estimate of drug-likeness (QED) is 0.213. The lowest BCUT2D eigenvalue weighted by Gasteiger charge is -2.34. The highest BCUT2D eigenvalue weighted by molar-refractivity contribution is 7.99. The van der Waals surface area contributed by atoms with E-state index in [1.165, 1.54) is 167 Å². The predicted octanol–water partition coefficient (Wildman–Crippen LogP) is 11.1. The molecule has 6 heterocycles. The van der Waals surface area contributed by atoms with E-state index in [2.05, 4.69) is 138 Å². The molecule has 1 aliphatic carbocycles. The number of rotatable bonds is 10. The summed E-state index contributed by atoms with van der Waals surface area (Å²) in [6.07, 6.45) is 19.7. The van der Waals surface area contributed by atoms with Crippen molar-refractivity contribution in [2.45, 2.75) is 241 Å². The van der Waals surface area contributed by atoms with Crippen LogP contribution in [0.25, 0.3) is 0 Å². The maximum Gasteiger partial charge on any atom is 0.0618 e. The van der Waals surface area contributed by atoms with Gasteiger partial charge in [-0.1, -0.05) is 19.3 Å². The molecular formula is C52H111N7OS. The molecule has 0 spiro atoms. The van der Waals surface area contributed by atoms with E-state index in [9.17, 15) is 0 Å². The molecule has 7 rings (SSSR count). The Morgan fingerprint density at radius 3 is 1.10 bits per heavy atom. The highest BCUT2D eigenvalue weighted by Crippen LogP contribution is 2.23. The van der Waals surface area contributed by atoms with Crippen LogP contribution in [-0.4, -0.2) is 187 Å². The van der Waals surface area contributed by atoms with E-state index in [0.717, 1.165) is 48.9 Å². The first-order valence-electron chi connectivity index (χ1n) is 26.2. The van der Waals surface area contributed by atoms with Crippen LogP contribution in [0, 0.1) is 0 Å². The van der Waals surface area contributed by atoms with Crippen LogP contribution in [0.15, 0.2) is 0 Å². The van der Waals surface area contributed by atoms with E-state index in [1.54, 1.807) is 7.11 Å². The van der Waals surface area contributed by atoms with Gasteiger partial charge in [-0.25, -0.2) is 0 Å². The second-order valence-electron chi connectivity index (χ2n) is 21.1. The van der Waals surface area contributed by atoms with Crippen LogP contribution in [0.1, 0.15) is 187 Å². The smallest absolute Gasteiger partial charge is 0.0618 e. The van der Waals surface area contributed by atoms with Gasteiger partial charge in [-0.2, -0.15) is 0 Å². The van der Waals surface area contributed by atoms with Crippen LogP contribution < -0.4 is 0 Å². The summed E-state index contributed by atoms with van der Waals surface area (Å²) in [6, 6.07) is 6.83. The second-order valence-corrected chi connectivity index (χ2v) is 22.1. The van der Waals surface area contributed by atoms with Crippen molar-refractivity contribution in [1.29, 1.82) is 0 Å². The van der Waals surface area contributed by atoms with Crippen LogP contribution in [0.2, 0.25) is 0 Å². The molecule has 6 saturated heterocycles. The topological polar surface area (TPSA) is 31.9 Å². The molecule has 366 valence electrons. The fourth-order valence-corrected chi connectivity index (χ4v) is 10.4. The minimum absolute atomic E-state index is 0.678. The Hall–Kier alpha value is 0.0300. The summed E-state index contributed by atoms with van der Waals surface area (Å²) in [5.74, 6) is 2.58. The Morgan fingerprint density at radius 2 is 0.836 bits per heavy atom. The van der Waals surface area contributed by atoms with Gasteiger partial charge >= 0.3 is 0 Å². The van der Waals surface area contributed by atoms with E-state index in [-0.39, 0.29) is 0 Å². The molecule has 1 unspecified atom stereocenters. The normalized spacial score (nSPS) is 23.3. The third-order valence-electron chi connectivity index (χ3n) is 14.2. The Labute approximate surface area is 388 Å². The summed E-state index contributed by atoms with van der Waals surface area (Å²) in [5.41, 5.74) is 0. The summed E-state index contributed by atoms with van der Waals surface area (Å²) in [7, 11) is 4.04. The fourth-order valence-electron chi connectivity index (χ4n) is 9.29. The first-order valence-corrected chi connectivity index (χ1v) is 27.4. The summed E-state index contributed by atoms with van der Waals surface area (Å²) in [4.78, 5) is 17.6. The number of likely N-dealkylation sites (tertiary alicyclic amines) is 5. The second kappa shape index (κ2) is 35.3. The summed E-state index contributed by atoms with van der Waals surface area (Å²) in [6.45, 7) is 45.8. The fraction of sp³-hybridized carbons (Fsp3) is 1.00. The van der Waals surface area contributed by atoms with Crippen LogP contribution in [-0.2, 0) is 4.74 Å². The SMILES string of the molecule is CC(C)N(C)C1CCCC1.CC(C)N1CCC1.CC(C)N1CCCC1.CC(C)N1CCCC1.CC(C)N1CCCCC1.CC(C)N1CCSC1.COCC1CCCN1C(C)C. The highest BCUT2D eigenvalue weighted by atomic mass is 32.2. The van der Waals surface area contributed by atoms with Crippen LogP contribution in [0.3, 0.4) is 0 Å². The van der Waals surface area contributed by atoms with Gasteiger partial charge in [0.25, 0.3) is 0 Å². The van der Waals surface area contributed by atoms with Crippen molar-refractivity contribution in [3.05, 3.63) is 0 Å². The largest absolute Gasteiger partial charge is 0.383 e. The lowest BCUT2D eigenvalue weighted by Crippen LogP contribution is -2.41. The van der Waals surface area contributed by atoms with Gasteiger partial charge in [0, 0.05) is 79.7 Å². The first-order chi connectivity index (χ1) is 29.0. The number of hydrogen-bond donors (Lipinski definition) is 0. The van der Waals surface area contributed by atoms with Gasteiger partial charge in [0.2, 0.25) is 0 Å². The Kier molecular flexibility index (Phi) is 34.1. The van der Waals surface area contributed by atoms with Crippen molar-refractivity contribution in [2.75, 3.05) is 97.8 Å². The van der Waals surface area contributed by atoms with Gasteiger partial charge < -0.3 is 29.2 Å². The lowest BCUT2D eigenvalue weighted by molar-refractivity contribution is 0.0984. The molecule has 0 aromatic heterocycles. The predicted molar refractivity (Wildman–Crippen MR) is 275 cm³/mol. The van der Waals surface area contributed by atoms with Crippen LogP contribution >= 0.6 is 11.8 Å². The van der Waals surface area contributed by atoms with Crippen molar-refractivity contribution in [2.24, 2.45) is 0 Å². The zero-order chi connectivity index (χ0) is 45.7. The third kappa shape index (κ3) is 26.7. The molecule has 7 aliphatic rings. The maximum atomic E-state index is 5.16. The maximum absolute atomic E-state index is 5.16. The Balaban J connectivity index is 0.000000357. The molecule has 0 aromatic rings. The van der Waals surface area contributed by atoms with Gasteiger partial charge in [-0.05, 0) is 234 Å². The van der Waals surface area contributed by atoms with Crippen molar-refractivity contribution in [3.8, 4) is 0 Å². The Morgan fingerprint density at radius 1 is 0.443 bits per heavy atom. The molecule has 1 atom stereocenters. The number of ether oxygens (including phenoxy) is 1. The number of hydrogen-bond acceptors (Lipinski definition) is 9. The molecule has 0 radical (unpaired) electrons. The summed E-state index contributed by atoms with van der Waals surface area (Å²) >= 11 is 2.04. The average Bonchev–Trinajstić information content (AvgIpc) is 4.06. The third-order valence-corrected chi connectivity index (χ3v) is 15.1. The standard InChI is InChI=1S/C9H19NO.C9H19N.C8H17N.2C7H15N.C6H13NS.C6H13N/c1-8(2)10-6-4-5-9(10)7-11-3;1-8(2)10(3)9-6-4-5-7-9;1-8(2)9-6-4-3-5-7-9;2*1-7(2)8-5-3-4-6-8;1-6(2)7-3-4-8-5-7;1-6(2)7-4-3-5-7/h8-9H,4-7H2,1-3H3;8-9H,4-7H2,1-3H3;8H,3-7H2,1-2H3;2*7H,3-6H2,1-2H3;6H,3-5H2,1-2H3;6H,3-5H2,1-2H3. The lowest BCUT2D eigenvalue weighted by atomic mass is 10.1. The molecule has 61 heavy (non-hydrogen) atoms. The number of piperidine rings is 1. The van der Waals surface area contributed by atoms with E-state index in [4.69, 9.17) is 4.74 Å². The van der Waals surface area contributed by atoms with E-state index < -0.39 is 0 Å². The average molecular weight is 883 g/mol. The molecule has 1 saturated carbocycles. The van der Waals surface area contributed by atoms with Gasteiger partial charge in [-0.3, -0.25) is 9.80 Å². The Bertz CT molecular complexity index is 915. The molecule has 7 fully saturated rings. The molecule has 0 bridgehead atoms. The van der Waals surface area contributed by atoms with Gasteiger partial charge in [0.1, 0.15) is 0 Å². The van der Waals surface area contributed by atoms with E-state index >= 15 is 0 Å². The highest BCUT2D eigenvalue weighted by Gasteiger charge is 2.26. The zero-order valence-electron chi connectivity index (χ0n) is 44.2. The molecular weight excluding hydrogens is 771 g/mol. The van der Waals surface area contributed by atoms with Gasteiger partial charge in [0.05, 0.1) is 6.61 Å². The number of nitrogens with zero attached hydrogens (tertiary/aromatic N) is 7. The summed E-state index contributed by atoms with van der Waals surface area (Å²) in [5, 5.41) is 0. The number of methoxy groups -OCH3 is 1. The van der Waals surface area contributed by atoms with Crippen molar-refractivity contribution >= 4 is 11.8 Å². The van der Waals surface area contributed by atoms with Crippen molar-refractivity contribution in [1.82, 2.24) is 34.3 Å². The monoisotopic (exact) mass is 882 g/mol. The van der Waals surface area contributed by atoms with Gasteiger partial charge in [-0.15, -0.1) is 11.8 Å². The first kappa shape index (κ1) is 59.0. The van der Waals surface area contributed by atoms with Crippen LogP contribution in [0.4, 0.5) is 0 Å². The minimum Gasteiger partial charge on any atom is -0.383 e. The van der Waals surface area contributed by atoms with Crippen molar-refractivity contribution in [3.63, 3.8) is 0 Å². The van der Waals surface area contributed by atoms with Gasteiger partial charge in [0.15, 0.2) is 0 Å². The molecule has 0 amide bonds. The molecule has 0 aromatic carbocycles. The molecule has 8 nitrogen and oxygen atoms in total. The molecule has 9 heteroatoms. The number of thioether (sulfide) groups is 1. The zero-order valence-corrected chi connectivity index (χ0v) is 45.1.